The van der Waals surface area contributed by atoms with E-state index in [0.717, 1.165) is 178 Å². The van der Waals surface area contributed by atoms with E-state index in [9.17, 15) is 24.9 Å². The molecule has 0 aromatic rings. The molecule has 0 rings (SSSR count). The first kappa shape index (κ1) is 55.9. The molecule has 0 aliphatic rings. The van der Waals surface area contributed by atoms with Crippen LogP contribution in [-0.2, 0) is 9.59 Å². The molecule has 0 fully saturated rings. The largest absolute Gasteiger partial charge is 0.481 e. The topological polar surface area (TPSA) is 98.1 Å². The van der Waals surface area contributed by atoms with Crippen molar-refractivity contribution in [3.8, 4) is 0 Å². The third kappa shape index (κ3) is 34.3. The molecule has 0 aromatic heterocycles. The van der Waals surface area contributed by atoms with Crippen molar-refractivity contribution in [2.24, 2.45) is 35.5 Å². The van der Waals surface area contributed by atoms with Gasteiger partial charge < -0.3 is 20.2 Å². The maximum Gasteiger partial charge on any atom is 0.306 e. The molecule has 4 unspecified atom stereocenters. The van der Waals surface area contributed by atoms with Gasteiger partial charge in [-0.05, 0) is 114 Å². The van der Waals surface area contributed by atoms with E-state index in [-0.39, 0.29) is 11.8 Å². The summed E-state index contributed by atoms with van der Waals surface area (Å²) in [4.78, 5) is 26.6. The summed E-state index contributed by atoms with van der Waals surface area (Å²) in [6.45, 7) is 21.8. The zero-order valence-corrected chi connectivity index (χ0v) is 39.6. The highest BCUT2D eigenvalue weighted by Gasteiger charge is 2.26. The maximum atomic E-state index is 12.0. The van der Waals surface area contributed by atoms with Crippen LogP contribution in [0.1, 0.15) is 254 Å². The van der Waals surface area contributed by atoms with Gasteiger partial charge in [0.1, 0.15) is 0 Å². The third-order valence-corrected chi connectivity index (χ3v) is 13.0. The second-order valence-corrected chi connectivity index (χ2v) is 19.9. The minimum absolute atomic E-state index is 0.220. The van der Waals surface area contributed by atoms with Crippen molar-refractivity contribution in [3.05, 3.63) is 0 Å². The highest BCUT2D eigenvalue weighted by Crippen LogP contribution is 2.30. The van der Waals surface area contributed by atoms with Gasteiger partial charge in [0.15, 0.2) is 0 Å². The van der Waals surface area contributed by atoms with Crippen LogP contribution >= 0.6 is 0 Å². The smallest absolute Gasteiger partial charge is 0.306 e. The van der Waals surface area contributed by atoms with Crippen LogP contribution < -0.4 is 0 Å². The number of carbonyl (C=O) groups is 2. The van der Waals surface area contributed by atoms with E-state index in [1.54, 1.807) is 0 Å². The molecule has 57 heavy (non-hydrogen) atoms. The number of aliphatic carboxylic acids is 2. The summed E-state index contributed by atoms with van der Waals surface area (Å²) < 4.78 is 0. The lowest BCUT2D eigenvalue weighted by Gasteiger charge is -2.29. The fourth-order valence-corrected chi connectivity index (χ4v) is 9.12. The monoisotopic (exact) mass is 808 g/mol. The number of nitrogens with zero attached hydrogens (tertiary/aromatic N) is 1. The van der Waals surface area contributed by atoms with Crippen molar-refractivity contribution < 1.29 is 24.9 Å². The van der Waals surface area contributed by atoms with Crippen LogP contribution in [0, 0.1) is 35.5 Å². The van der Waals surface area contributed by atoms with Gasteiger partial charge >= 0.3 is 11.9 Å². The standard InChI is InChI=1S/C51H101NO5/c1-9-40-52(41-10-2)42-24-23-39-51(57,37-21-13-11-15-33-47(49(53)54)35-19-17-29-45(7)31-25-27-43(3)4)38-22-14-12-16-34-48(50(55)56)36-20-18-30-46(8)32-26-28-44(5)6/h43-48,57H,9-42H2,1-8H3,(H,53,54)(H,55,56). The Morgan fingerprint density at radius 3 is 1.09 bits per heavy atom. The Morgan fingerprint density at radius 2 is 0.737 bits per heavy atom. The molecule has 0 spiro atoms. The fourth-order valence-electron chi connectivity index (χ4n) is 9.12. The van der Waals surface area contributed by atoms with Gasteiger partial charge in [0, 0.05) is 0 Å². The van der Waals surface area contributed by atoms with Crippen molar-refractivity contribution in [2.75, 3.05) is 19.6 Å². The Morgan fingerprint density at radius 1 is 0.421 bits per heavy atom. The molecule has 6 nitrogen and oxygen atoms in total. The number of rotatable bonds is 43. The molecule has 0 saturated heterocycles. The van der Waals surface area contributed by atoms with E-state index in [1.165, 1.54) is 64.2 Å². The Kier molecular flexibility index (Phi) is 36.0. The van der Waals surface area contributed by atoms with Crippen molar-refractivity contribution in [2.45, 2.75) is 260 Å². The molecule has 3 N–H and O–H groups in total. The average molecular weight is 808 g/mol. The molecule has 0 aliphatic carbocycles. The quantitative estimate of drug-likeness (QED) is 0.0531. The van der Waals surface area contributed by atoms with Crippen LogP contribution in [0.25, 0.3) is 0 Å². The lowest BCUT2D eigenvalue weighted by molar-refractivity contribution is -0.143. The average Bonchev–Trinajstić information content (AvgIpc) is 3.14. The van der Waals surface area contributed by atoms with Crippen molar-refractivity contribution in [1.29, 1.82) is 0 Å². The summed E-state index contributed by atoms with van der Waals surface area (Å²) in [5.41, 5.74) is -0.634. The minimum Gasteiger partial charge on any atom is -0.481 e. The minimum atomic E-state index is -0.634. The van der Waals surface area contributed by atoms with E-state index in [2.05, 4.69) is 60.3 Å². The Balaban J connectivity index is 4.72. The Hall–Kier alpha value is -1.14. The van der Waals surface area contributed by atoms with Gasteiger partial charge in [-0.2, -0.15) is 0 Å². The molecule has 4 atom stereocenters. The fraction of sp³-hybridized carbons (Fsp3) is 0.961. The van der Waals surface area contributed by atoms with Gasteiger partial charge in [0.2, 0.25) is 0 Å². The summed E-state index contributed by atoms with van der Waals surface area (Å²) >= 11 is 0. The number of carboxylic acids is 2. The zero-order valence-electron chi connectivity index (χ0n) is 39.6. The van der Waals surface area contributed by atoms with Crippen LogP contribution in [0.3, 0.4) is 0 Å². The Labute approximate surface area is 355 Å². The molecule has 340 valence electrons. The number of hydrogen-bond donors (Lipinski definition) is 3. The summed E-state index contributed by atoms with van der Waals surface area (Å²) in [7, 11) is 0. The van der Waals surface area contributed by atoms with Crippen LogP contribution in [0.15, 0.2) is 0 Å². The molecule has 0 saturated carbocycles. The molecular weight excluding hydrogens is 707 g/mol. The van der Waals surface area contributed by atoms with E-state index >= 15 is 0 Å². The van der Waals surface area contributed by atoms with Crippen LogP contribution in [0.2, 0.25) is 0 Å². The highest BCUT2D eigenvalue weighted by molar-refractivity contribution is 5.70. The summed E-state index contributed by atoms with van der Waals surface area (Å²) in [6, 6.07) is 0. The molecule has 0 radical (unpaired) electrons. The predicted molar refractivity (Wildman–Crippen MR) is 246 cm³/mol. The normalized spacial score (nSPS) is 15.3. The molecule has 0 aliphatic heterocycles. The molecule has 6 heteroatoms. The summed E-state index contributed by atoms with van der Waals surface area (Å²) in [6.07, 6.45) is 32.9. The lowest BCUT2D eigenvalue weighted by atomic mass is 9.85. The first-order valence-corrected chi connectivity index (χ1v) is 25.1. The molecule has 0 bridgehead atoms. The highest BCUT2D eigenvalue weighted by atomic mass is 16.4. The van der Waals surface area contributed by atoms with Gasteiger partial charge in [-0.3, -0.25) is 9.59 Å². The predicted octanol–water partition coefficient (Wildman–Crippen LogP) is 15.1. The Bertz CT molecular complexity index is 857. The summed E-state index contributed by atoms with van der Waals surface area (Å²) in [5, 5.41) is 31.7. The number of unbranched alkanes of at least 4 members (excludes halogenated alkanes) is 9. The molecule has 0 heterocycles. The van der Waals surface area contributed by atoms with Gasteiger partial charge in [-0.15, -0.1) is 0 Å². The van der Waals surface area contributed by atoms with Crippen molar-refractivity contribution in [3.63, 3.8) is 0 Å². The van der Waals surface area contributed by atoms with E-state index in [4.69, 9.17) is 0 Å². The van der Waals surface area contributed by atoms with Crippen molar-refractivity contribution >= 4 is 11.9 Å². The first-order valence-electron chi connectivity index (χ1n) is 25.1. The lowest BCUT2D eigenvalue weighted by Crippen LogP contribution is -2.30. The number of carboxylic acid groups (broad SMARTS) is 2. The van der Waals surface area contributed by atoms with Crippen LogP contribution in [0.5, 0.6) is 0 Å². The second kappa shape index (κ2) is 36.7. The molecule has 0 aromatic carbocycles. The maximum absolute atomic E-state index is 12.0. The van der Waals surface area contributed by atoms with Gasteiger partial charge in [0.05, 0.1) is 17.4 Å². The second-order valence-electron chi connectivity index (χ2n) is 19.9. The van der Waals surface area contributed by atoms with Crippen LogP contribution in [0.4, 0.5) is 0 Å². The van der Waals surface area contributed by atoms with E-state index < -0.39 is 17.5 Å². The van der Waals surface area contributed by atoms with Crippen LogP contribution in [-0.4, -0.2) is 57.4 Å². The zero-order chi connectivity index (χ0) is 42.7. The number of hydrogen-bond acceptors (Lipinski definition) is 4. The molecular formula is C51H101NO5. The van der Waals surface area contributed by atoms with Gasteiger partial charge in [-0.25, -0.2) is 0 Å². The molecule has 0 amide bonds. The van der Waals surface area contributed by atoms with Gasteiger partial charge in [0.25, 0.3) is 0 Å². The van der Waals surface area contributed by atoms with E-state index in [0.29, 0.717) is 0 Å². The van der Waals surface area contributed by atoms with Crippen molar-refractivity contribution in [1.82, 2.24) is 4.90 Å². The summed E-state index contributed by atoms with van der Waals surface area (Å²) in [5.74, 6) is 1.33. The first-order chi connectivity index (χ1) is 27.2. The number of aliphatic hydroxyl groups is 1. The van der Waals surface area contributed by atoms with Gasteiger partial charge in [-0.1, -0.05) is 184 Å². The van der Waals surface area contributed by atoms with E-state index in [1.807, 2.05) is 0 Å². The SMILES string of the molecule is CCCN(CCC)CCCCC(O)(CCCCCCC(CCCCC(C)CCCC(C)C)C(=O)O)CCCCCCC(CCCCC(C)CCCC(C)C)C(=O)O. The third-order valence-electron chi connectivity index (χ3n) is 13.0.